The molecule has 0 saturated carbocycles. The molecule has 7 nitrogen and oxygen atoms in total. The number of carbonyl (C=O) groups excluding carboxylic acids is 2. The molecule has 1 amide bonds. The Hall–Kier alpha value is -1.88. The minimum Gasteiger partial charge on any atom is -0.465 e. The average molecular weight is 429 g/mol. The number of hydrogen-bond donors (Lipinski definition) is 2. The zero-order valence-electron chi connectivity index (χ0n) is 14.8. The van der Waals surface area contributed by atoms with Crippen LogP contribution in [0.3, 0.4) is 0 Å². The third-order valence-corrected chi connectivity index (χ3v) is 7.07. The molecule has 1 aromatic heterocycles. The summed E-state index contributed by atoms with van der Waals surface area (Å²) in [5.41, 5.74) is 0.810. The maximum atomic E-state index is 12.6. The van der Waals surface area contributed by atoms with Crippen LogP contribution in [0.2, 0.25) is 0 Å². The summed E-state index contributed by atoms with van der Waals surface area (Å²) in [6, 6.07) is 8.38. The number of hydrogen-bond acceptors (Lipinski definition) is 7. The molecule has 0 fully saturated rings. The van der Waals surface area contributed by atoms with E-state index in [0.717, 1.165) is 11.3 Å². The Labute approximate surface area is 166 Å². The summed E-state index contributed by atoms with van der Waals surface area (Å²) in [7, 11) is -2.48. The van der Waals surface area contributed by atoms with Crippen molar-refractivity contribution in [3.8, 4) is 0 Å². The second-order valence-corrected chi connectivity index (χ2v) is 9.32. The highest BCUT2D eigenvalue weighted by Crippen LogP contribution is 2.18. The molecule has 10 heteroatoms. The topological polar surface area (TPSA) is 102 Å². The van der Waals surface area contributed by atoms with Crippen molar-refractivity contribution in [1.82, 2.24) is 4.72 Å². The molecule has 2 N–H and O–H groups in total. The molecular weight excluding hydrogens is 408 g/mol. The molecule has 1 aromatic carbocycles. The predicted molar refractivity (Wildman–Crippen MR) is 108 cm³/mol. The van der Waals surface area contributed by atoms with Gasteiger partial charge in [0.2, 0.25) is 5.91 Å². The molecule has 1 heterocycles. The number of esters is 1. The lowest BCUT2D eigenvalue weighted by Gasteiger charge is -2.18. The standard InChI is InChI=1S/C17H20N2O5S3/c1-24-17(21)12-5-7-13(8-6-12)18-16(20)14(9-11-25-2)19-27(22,23)15-4-3-10-26-15/h3-8,10,14,19H,9,11H2,1-2H3,(H,18,20)/t14-/m1/s1. The molecular formula is C17H20N2O5S3. The number of sulfonamides is 1. The van der Waals surface area contributed by atoms with Crippen molar-refractivity contribution >= 4 is 50.7 Å². The molecule has 27 heavy (non-hydrogen) atoms. The van der Waals surface area contributed by atoms with Crippen LogP contribution >= 0.6 is 23.1 Å². The predicted octanol–water partition coefficient (Wildman–Crippen LogP) is 2.57. The molecule has 0 unspecified atom stereocenters. The number of benzene rings is 1. The molecule has 0 aliphatic carbocycles. The number of rotatable bonds is 9. The van der Waals surface area contributed by atoms with E-state index in [9.17, 15) is 18.0 Å². The van der Waals surface area contributed by atoms with Crippen LogP contribution < -0.4 is 10.0 Å². The van der Waals surface area contributed by atoms with Crippen LogP contribution in [-0.2, 0) is 19.6 Å². The maximum Gasteiger partial charge on any atom is 0.337 e. The molecule has 0 spiro atoms. The smallest absolute Gasteiger partial charge is 0.337 e. The van der Waals surface area contributed by atoms with Crippen molar-refractivity contribution in [3.05, 3.63) is 47.3 Å². The number of anilines is 1. The van der Waals surface area contributed by atoms with Crippen molar-refractivity contribution in [2.45, 2.75) is 16.7 Å². The highest BCUT2D eigenvalue weighted by molar-refractivity contribution is 7.98. The van der Waals surface area contributed by atoms with Gasteiger partial charge in [-0.05, 0) is 54.1 Å². The number of thiophene rings is 1. The second-order valence-electron chi connectivity index (χ2n) is 5.45. The fourth-order valence-corrected chi connectivity index (χ4v) is 4.89. The van der Waals surface area contributed by atoms with Gasteiger partial charge in [0, 0.05) is 5.69 Å². The molecule has 146 valence electrons. The summed E-state index contributed by atoms with van der Waals surface area (Å²) in [6.07, 6.45) is 2.23. The fourth-order valence-electron chi connectivity index (χ4n) is 2.18. The lowest BCUT2D eigenvalue weighted by atomic mass is 10.2. The van der Waals surface area contributed by atoms with E-state index in [2.05, 4.69) is 14.8 Å². The molecule has 0 aliphatic heterocycles. The monoisotopic (exact) mass is 428 g/mol. The molecule has 1 atom stereocenters. The van der Waals surface area contributed by atoms with Crippen molar-refractivity contribution in [1.29, 1.82) is 0 Å². The number of amides is 1. The quantitative estimate of drug-likeness (QED) is 0.595. The Balaban J connectivity index is 2.11. The second kappa shape index (κ2) is 9.88. The van der Waals surface area contributed by atoms with Crippen LogP contribution in [-0.4, -0.2) is 45.5 Å². The van der Waals surface area contributed by atoms with Gasteiger partial charge in [0.15, 0.2) is 0 Å². The first-order valence-electron chi connectivity index (χ1n) is 7.91. The molecule has 0 bridgehead atoms. The van der Waals surface area contributed by atoms with Gasteiger partial charge in [-0.15, -0.1) is 11.3 Å². The minimum atomic E-state index is -3.77. The fraction of sp³-hybridized carbons (Fsp3) is 0.294. The summed E-state index contributed by atoms with van der Waals surface area (Å²) in [6.45, 7) is 0. The van der Waals surface area contributed by atoms with Gasteiger partial charge >= 0.3 is 5.97 Å². The van der Waals surface area contributed by atoms with Gasteiger partial charge in [-0.2, -0.15) is 16.5 Å². The number of ether oxygens (including phenoxy) is 1. The first kappa shape index (κ1) is 21.4. The van der Waals surface area contributed by atoms with Crippen molar-refractivity contribution in [3.63, 3.8) is 0 Å². The van der Waals surface area contributed by atoms with E-state index in [4.69, 9.17) is 0 Å². The van der Waals surface area contributed by atoms with Crippen LogP contribution in [0, 0.1) is 0 Å². The highest BCUT2D eigenvalue weighted by atomic mass is 32.2. The Bertz CT molecular complexity index is 864. The van der Waals surface area contributed by atoms with E-state index in [1.807, 2.05) is 6.26 Å². The molecule has 0 radical (unpaired) electrons. The van der Waals surface area contributed by atoms with Crippen LogP contribution in [0.1, 0.15) is 16.8 Å². The van der Waals surface area contributed by atoms with Crippen molar-refractivity contribution in [2.75, 3.05) is 24.4 Å². The zero-order valence-corrected chi connectivity index (χ0v) is 17.2. The van der Waals surface area contributed by atoms with E-state index in [1.165, 1.54) is 37.1 Å². The van der Waals surface area contributed by atoms with Crippen LogP contribution in [0.15, 0.2) is 46.0 Å². The molecule has 0 aliphatic rings. The SMILES string of the molecule is COC(=O)c1ccc(NC(=O)[C@@H](CCSC)NS(=O)(=O)c2cccs2)cc1. The summed E-state index contributed by atoms with van der Waals surface area (Å²) in [5, 5.41) is 4.34. The number of nitrogens with one attached hydrogen (secondary N) is 2. The molecule has 2 aromatic rings. The highest BCUT2D eigenvalue weighted by Gasteiger charge is 2.26. The van der Waals surface area contributed by atoms with Crippen molar-refractivity contribution in [2.24, 2.45) is 0 Å². The minimum absolute atomic E-state index is 0.159. The summed E-state index contributed by atoms with van der Waals surface area (Å²) in [5.74, 6) is -0.323. The average Bonchev–Trinajstić information content (AvgIpc) is 3.20. The molecule has 0 saturated heterocycles. The summed E-state index contributed by atoms with van der Waals surface area (Å²) >= 11 is 2.61. The maximum absolute atomic E-state index is 12.6. The van der Waals surface area contributed by atoms with Crippen LogP contribution in [0.4, 0.5) is 5.69 Å². The van der Waals surface area contributed by atoms with Gasteiger partial charge in [-0.1, -0.05) is 6.07 Å². The van der Waals surface area contributed by atoms with E-state index in [-0.39, 0.29) is 4.21 Å². The first-order valence-corrected chi connectivity index (χ1v) is 11.7. The van der Waals surface area contributed by atoms with E-state index in [1.54, 1.807) is 23.6 Å². The van der Waals surface area contributed by atoms with Gasteiger partial charge < -0.3 is 10.1 Å². The number of thioether (sulfide) groups is 1. The Morgan fingerprint density at radius 3 is 2.48 bits per heavy atom. The Morgan fingerprint density at radius 2 is 1.93 bits per heavy atom. The lowest BCUT2D eigenvalue weighted by molar-refractivity contribution is -0.117. The van der Waals surface area contributed by atoms with Crippen LogP contribution in [0.5, 0.6) is 0 Å². The van der Waals surface area contributed by atoms with Crippen LogP contribution in [0.25, 0.3) is 0 Å². The number of carbonyl (C=O) groups is 2. The lowest BCUT2D eigenvalue weighted by Crippen LogP contribution is -2.43. The first-order chi connectivity index (χ1) is 12.9. The van der Waals surface area contributed by atoms with Gasteiger partial charge in [0.1, 0.15) is 10.3 Å². The Morgan fingerprint density at radius 1 is 1.22 bits per heavy atom. The summed E-state index contributed by atoms with van der Waals surface area (Å²) < 4.78 is 32.1. The van der Waals surface area contributed by atoms with E-state index in [0.29, 0.717) is 23.4 Å². The Kier molecular flexibility index (Phi) is 7.84. The third-order valence-electron chi connectivity index (χ3n) is 3.56. The third kappa shape index (κ3) is 6.06. The van der Waals surface area contributed by atoms with Gasteiger partial charge in [-0.3, -0.25) is 4.79 Å². The van der Waals surface area contributed by atoms with Gasteiger partial charge in [0.25, 0.3) is 10.0 Å². The van der Waals surface area contributed by atoms with Crippen molar-refractivity contribution < 1.29 is 22.7 Å². The number of methoxy groups -OCH3 is 1. The normalized spacial score (nSPS) is 12.4. The van der Waals surface area contributed by atoms with E-state index < -0.39 is 27.9 Å². The summed E-state index contributed by atoms with van der Waals surface area (Å²) in [4.78, 5) is 24.1. The molecule has 2 rings (SSSR count). The largest absolute Gasteiger partial charge is 0.465 e. The van der Waals surface area contributed by atoms with E-state index >= 15 is 0 Å². The van der Waals surface area contributed by atoms with Gasteiger partial charge in [0.05, 0.1) is 12.7 Å². The zero-order chi connectivity index (χ0) is 19.9. The van der Waals surface area contributed by atoms with Gasteiger partial charge in [-0.25, -0.2) is 13.2 Å².